The maximum atomic E-state index is 11.1. The molecule has 1 heterocycles. The first-order valence-electron chi connectivity index (χ1n) is 6.51. The predicted molar refractivity (Wildman–Crippen MR) is 79.0 cm³/mol. The molecule has 21 heavy (non-hydrogen) atoms. The lowest BCUT2D eigenvalue weighted by Crippen LogP contribution is -2.08. The van der Waals surface area contributed by atoms with E-state index in [1.165, 1.54) is 13.0 Å². The van der Waals surface area contributed by atoms with Crippen molar-refractivity contribution in [3.8, 4) is 0 Å². The van der Waals surface area contributed by atoms with Crippen LogP contribution in [0.15, 0.2) is 42.6 Å². The number of amides is 1. The van der Waals surface area contributed by atoms with Gasteiger partial charge in [-0.1, -0.05) is 12.1 Å². The molecule has 2 aromatic rings. The number of anilines is 1. The zero-order valence-electron chi connectivity index (χ0n) is 11.6. The largest absolute Gasteiger partial charge is 0.321 e. The Balaban J connectivity index is 2.16. The summed E-state index contributed by atoms with van der Waals surface area (Å²) in [7, 11) is 0. The summed E-state index contributed by atoms with van der Waals surface area (Å²) < 4.78 is 0. The van der Waals surface area contributed by atoms with E-state index < -0.39 is 4.92 Å². The van der Waals surface area contributed by atoms with Gasteiger partial charge in [0.25, 0.3) is 5.69 Å². The van der Waals surface area contributed by atoms with Crippen molar-refractivity contribution in [3.05, 3.63) is 64.0 Å². The highest BCUT2D eigenvalue weighted by Gasteiger charge is 2.15. The van der Waals surface area contributed by atoms with Crippen LogP contribution in [0.5, 0.6) is 0 Å². The fourth-order valence-corrected chi connectivity index (χ4v) is 2.00. The van der Waals surface area contributed by atoms with Crippen molar-refractivity contribution in [2.75, 3.05) is 5.32 Å². The number of nitrogens with one attached hydrogen (secondary N) is 1. The van der Waals surface area contributed by atoms with Crippen LogP contribution in [0.4, 0.5) is 11.4 Å². The standard InChI is InChI=1S/C15H15N3O3/c1-11(19)17-14-8-6-12(10-15(14)18(20)21)5-7-13-4-2-3-9-16-13/h2-4,6,8-10H,5,7H2,1H3,(H,17,19). The molecule has 108 valence electrons. The molecule has 1 aromatic heterocycles. The lowest BCUT2D eigenvalue weighted by molar-refractivity contribution is -0.384. The molecule has 6 heteroatoms. The molecule has 0 aliphatic heterocycles. The van der Waals surface area contributed by atoms with Crippen LogP contribution < -0.4 is 5.32 Å². The van der Waals surface area contributed by atoms with E-state index in [2.05, 4.69) is 10.3 Å². The second kappa shape index (κ2) is 6.60. The van der Waals surface area contributed by atoms with Gasteiger partial charge in [-0.15, -0.1) is 0 Å². The van der Waals surface area contributed by atoms with E-state index >= 15 is 0 Å². The van der Waals surface area contributed by atoms with Crippen LogP contribution in [0.2, 0.25) is 0 Å². The number of nitro benzene ring substituents is 1. The molecule has 0 bridgehead atoms. The normalized spacial score (nSPS) is 10.1. The Morgan fingerprint density at radius 3 is 2.71 bits per heavy atom. The monoisotopic (exact) mass is 285 g/mol. The molecule has 1 aromatic carbocycles. The predicted octanol–water partition coefficient (Wildman–Crippen LogP) is 2.73. The molecule has 0 radical (unpaired) electrons. The summed E-state index contributed by atoms with van der Waals surface area (Å²) in [5.41, 5.74) is 1.89. The zero-order valence-corrected chi connectivity index (χ0v) is 11.6. The van der Waals surface area contributed by atoms with Gasteiger partial charge in [0.15, 0.2) is 0 Å². The number of aromatic nitrogens is 1. The minimum absolute atomic E-state index is 0.0938. The number of hydrogen-bond donors (Lipinski definition) is 1. The lowest BCUT2D eigenvalue weighted by atomic mass is 10.1. The Bertz CT molecular complexity index is 656. The van der Waals surface area contributed by atoms with E-state index in [4.69, 9.17) is 0 Å². The Morgan fingerprint density at radius 1 is 1.29 bits per heavy atom. The van der Waals surface area contributed by atoms with Crippen LogP contribution in [0, 0.1) is 10.1 Å². The molecule has 0 fully saturated rings. The number of rotatable bonds is 5. The van der Waals surface area contributed by atoms with E-state index in [1.807, 2.05) is 18.2 Å². The van der Waals surface area contributed by atoms with Crippen molar-refractivity contribution in [2.24, 2.45) is 0 Å². The number of nitro groups is 1. The molecule has 2 rings (SSSR count). The van der Waals surface area contributed by atoms with Crippen LogP contribution >= 0.6 is 0 Å². The van der Waals surface area contributed by atoms with Gasteiger partial charge in [-0.05, 0) is 36.6 Å². The minimum atomic E-state index is -0.491. The Labute approximate surface area is 122 Å². The summed E-state index contributed by atoms with van der Waals surface area (Å²) in [5, 5.41) is 13.5. The van der Waals surface area contributed by atoms with Crippen molar-refractivity contribution in [3.63, 3.8) is 0 Å². The van der Waals surface area contributed by atoms with Gasteiger partial charge in [-0.3, -0.25) is 19.9 Å². The Morgan fingerprint density at radius 2 is 2.10 bits per heavy atom. The first-order chi connectivity index (χ1) is 10.1. The summed E-state index contributed by atoms with van der Waals surface area (Å²) in [6.07, 6.45) is 3.08. The van der Waals surface area contributed by atoms with Crippen LogP contribution in [-0.2, 0) is 17.6 Å². The number of nitrogens with zero attached hydrogens (tertiary/aromatic N) is 2. The zero-order chi connectivity index (χ0) is 15.2. The van der Waals surface area contributed by atoms with Gasteiger partial charge >= 0.3 is 0 Å². The lowest BCUT2D eigenvalue weighted by Gasteiger charge is -2.06. The average molecular weight is 285 g/mol. The maximum Gasteiger partial charge on any atom is 0.293 e. The Hall–Kier alpha value is -2.76. The van der Waals surface area contributed by atoms with E-state index in [0.29, 0.717) is 12.8 Å². The number of hydrogen-bond acceptors (Lipinski definition) is 4. The quantitative estimate of drug-likeness (QED) is 0.676. The highest BCUT2D eigenvalue weighted by Crippen LogP contribution is 2.26. The molecule has 1 N–H and O–H groups in total. The first-order valence-corrected chi connectivity index (χ1v) is 6.51. The van der Waals surface area contributed by atoms with Crippen LogP contribution in [-0.4, -0.2) is 15.8 Å². The molecule has 0 saturated heterocycles. The fourth-order valence-electron chi connectivity index (χ4n) is 2.00. The van der Waals surface area contributed by atoms with Gasteiger partial charge < -0.3 is 5.32 Å². The molecule has 0 saturated carbocycles. The number of benzene rings is 1. The second-order valence-corrected chi connectivity index (χ2v) is 4.61. The molecule has 6 nitrogen and oxygen atoms in total. The third-order valence-corrected chi connectivity index (χ3v) is 2.97. The average Bonchev–Trinajstić information content (AvgIpc) is 2.46. The molecule has 0 atom stereocenters. The van der Waals surface area contributed by atoms with Crippen molar-refractivity contribution < 1.29 is 9.72 Å². The molecular formula is C15H15N3O3. The molecule has 0 aliphatic rings. The van der Waals surface area contributed by atoms with Gasteiger partial charge in [0.05, 0.1) is 4.92 Å². The number of aryl methyl sites for hydroxylation is 2. The van der Waals surface area contributed by atoms with Gasteiger partial charge in [0, 0.05) is 24.9 Å². The van der Waals surface area contributed by atoms with Crippen molar-refractivity contribution in [1.29, 1.82) is 0 Å². The second-order valence-electron chi connectivity index (χ2n) is 4.61. The van der Waals surface area contributed by atoms with E-state index in [9.17, 15) is 14.9 Å². The van der Waals surface area contributed by atoms with Gasteiger partial charge in [-0.25, -0.2) is 0 Å². The van der Waals surface area contributed by atoms with Crippen LogP contribution in [0.25, 0.3) is 0 Å². The highest BCUT2D eigenvalue weighted by molar-refractivity contribution is 5.91. The van der Waals surface area contributed by atoms with Gasteiger partial charge in [-0.2, -0.15) is 0 Å². The molecule has 0 spiro atoms. The molecular weight excluding hydrogens is 270 g/mol. The van der Waals surface area contributed by atoms with Crippen LogP contribution in [0.3, 0.4) is 0 Å². The molecule has 0 aliphatic carbocycles. The number of pyridine rings is 1. The molecule has 1 amide bonds. The van der Waals surface area contributed by atoms with Gasteiger partial charge in [0.1, 0.15) is 5.69 Å². The van der Waals surface area contributed by atoms with Crippen molar-refractivity contribution >= 4 is 17.3 Å². The van der Waals surface area contributed by atoms with Gasteiger partial charge in [0.2, 0.25) is 5.91 Å². The van der Waals surface area contributed by atoms with E-state index in [0.717, 1.165) is 11.3 Å². The number of carbonyl (C=O) groups excluding carboxylic acids is 1. The fraction of sp³-hybridized carbons (Fsp3) is 0.200. The SMILES string of the molecule is CC(=O)Nc1ccc(CCc2ccccn2)cc1[N+](=O)[O-]. The van der Waals surface area contributed by atoms with Crippen molar-refractivity contribution in [1.82, 2.24) is 4.98 Å². The molecule has 0 unspecified atom stereocenters. The minimum Gasteiger partial charge on any atom is -0.321 e. The Kier molecular flexibility index (Phi) is 4.61. The summed E-state index contributed by atoms with van der Waals surface area (Å²) >= 11 is 0. The highest BCUT2D eigenvalue weighted by atomic mass is 16.6. The topological polar surface area (TPSA) is 85.1 Å². The maximum absolute atomic E-state index is 11.1. The number of carbonyl (C=O) groups is 1. The summed E-state index contributed by atoms with van der Waals surface area (Å²) in [6.45, 7) is 1.32. The third kappa shape index (κ3) is 4.10. The first kappa shape index (κ1) is 14.6. The summed E-state index contributed by atoms with van der Waals surface area (Å²) in [4.78, 5) is 25.8. The summed E-state index contributed by atoms with van der Waals surface area (Å²) in [6, 6.07) is 10.5. The summed E-state index contributed by atoms with van der Waals surface area (Å²) in [5.74, 6) is -0.334. The van der Waals surface area contributed by atoms with Crippen molar-refractivity contribution in [2.45, 2.75) is 19.8 Å². The smallest absolute Gasteiger partial charge is 0.293 e. The third-order valence-electron chi connectivity index (χ3n) is 2.97. The van der Waals surface area contributed by atoms with E-state index in [1.54, 1.807) is 18.3 Å². The van der Waals surface area contributed by atoms with Crippen LogP contribution in [0.1, 0.15) is 18.2 Å². The van der Waals surface area contributed by atoms with E-state index in [-0.39, 0.29) is 17.3 Å².